The van der Waals surface area contributed by atoms with E-state index in [-0.39, 0.29) is 17.4 Å². The number of halogens is 1. The van der Waals surface area contributed by atoms with Gasteiger partial charge in [0.15, 0.2) is 0 Å². The SMILES string of the molecule is CC(CCS(C)=O)NC(=O)c1cc(Cl)nc(C(C)(C)C)c1. The first-order chi connectivity index (χ1) is 9.59. The Morgan fingerprint density at radius 1 is 1.43 bits per heavy atom. The van der Waals surface area contributed by atoms with Crippen LogP contribution in [0.25, 0.3) is 0 Å². The number of hydrogen-bond acceptors (Lipinski definition) is 3. The van der Waals surface area contributed by atoms with Gasteiger partial charge in [0.05, 0.1) is 0 Å². The molecule has 1 rings (SSSR count). The van der Waals surface area contributed by atoms with Crippen LogP contribution in [0.5, 0.6) is 0 Å². The summed E-state index contributed by atoms with van der Waals surface area (Å²) in [6.45, 7) is 7.96. The lowest BCUT2D eigenvalue weighted by molar-refractivity contribution is 0.0939. The number of amides is 1. The van der Waals surface area contributed by atoms with Crippen molar-refractivity contribution in [1.29, 1.82) is 0 Å². The molecule has 6 heteroatoms. The first-order valence-electron chi connectivity index (χ1n) is 6.88. The van der Waals surface area contributed by atoms with Crippen molar-refractivity contribution in [3.05, 3.63) is 28.5 Å². The van der Waals surface area contributed by atoms with Gasteiger partial charge in [0.2, 0.25) is 0 Å². The zero-order valence-electron chi connectivity index (χ0n) is 13.2. The standard InChI is InChI=1S/C15H23ClN2O2S/c1-10(6-7-21(5)20)17-14(19)11-8-12(15(2,3)4)18-13(16)9-11/h8-10H,6-7H2,1-5H3,(H,17,19). The average molecular weight is 331 g/mol. The summed E-state index contributed by atoms with van der Waals surface area (Å²) in [5.74, 6) is 0.394. The number of carbonyl (C=O) groups excluding carboxylic acids is 1. The average Bonchev–Trinajstić information content (AvgIpc) is 2.34. The summed E-state index contributed by atoms with van der Waals surface area (Å²) in [7, 11) is -0.847. The van der Waals surface area contributed by atoms with Crippen LogP contribution < -0.4 is 5.32 Å². The van der Waals surface area contributed by atoms with E-state index in [0.717, 1.165) is 5.69 Å². The summed E-state index contributed by atoms with van der Waals surface area (Å²) >= 11 is 6.01. The van der Waals surface area contributed by atoms with Crippen LogP contribution in [0.1, 0.15) is 50.2 Å². The topological polar surface area (TPSA) is 59.1 Å². The second kappa shape index (κ2) is 7.36. The molecule has 4 nitrogen and oxygen atoms in total. The van der Waals surface area contributed by atoms with Gasteiger partial charge >= 0.3 is 0 Å². The highest BCUT2D eigenvalue weighted by molar-refractivity contribution is 7.84. The summed E-state index contributed by atoms with van der Waals surface area (Å²) < 4.78 is 11.1. The van der Waals surface area contributed by atoms with E-state index < -0.39 is 10.8 Å². The molecule has 0 aliphatic heterocycles. The number of nitrogens with zero attached hydrogens (tertiary/aromatic N) is 1. The predicted octanol–water partition coefficient (Wildman–Crippen LogP) is 2.92. The molecular formula is C15H23ClN2O2S. The molecule has 1 heterocycles. The second-order valence-electron chi connectivity index (χ2n) is 6.25. The molecule has 21 heavy (non-hydrogen) atoms. The first-order valence-corrected chi connectivity index (χ1v) is 8.99. The van der Waals surface area contributed by atoms with Crippen molar-refractivity contribution >= 4 is 28.3 Å². The normalized spacial score (nSPS) is 14.6. The van der Waals surface area contributed by atoms with Gasteiger partial charge in [0, 0.05) is 45.5 Å². The van der Waals surface area contributed by atoms with Crippen LogP contribution >= 0.6 is 11.6 Å². The fraction of sp³-hybridized carbons (Fsp3) is 0.600. The summed E-state index contributed by atoms with van der Waals surface area (Å²) in [6.07, 6.45) is 2.34. The molecule has 0 aliphatic rings. The summed E-state index contributed by atoms with van der Waals surface area (Å²) in [4.78, 5) is 16.5. The Morgan fingerprint density at radius 3 is 2.57 bits per heavy atom. The molecule has 1 amide bonds. The van der Waals surface area contributed by atoms with E-state index in [4.69, 9.17) is 11.6 Å². The Balaban J connectivity index is 2.83. The van der Waals surface area contributed by atoms with E-state index in [2.05, 4.69) is 10.3 Å². The Morgan fingerprint density at radius 2 is 2.05 bits per heavy atom. The fourth-order valence-electron chi connectivity index (χ4n) is 1.73. The van der Waals surface area contributed by atoms with Crippen molar-refractivity contribution in [2.24, 2.45) is 0 Å². The molecule has 2 unspecified atom stereocenters. The molecule has 1 N–H and O–H groups in total. The van der Waals surface area contributed by atoms with E-state index in [1.165, 1.54) is 0 Å². The third-order valence-corrected chi connectivity index (χ3v) is 4.04. The molecule has 0 radical (unpaired) electrons. The van der Waals surface area contributed by atoms with Crippen LogP contribution in [0.2, 0.25) is 5.15 Å². The molecule has 0 spiro atoms. The molecule has 118 valence electrons. The highest BCUT2D eigenvalue weighted by Gasteiger charge is 2.19. The first kappa shape index (κ1) is 18.1. The van der Waals surface area contributed by atoms with E-state index >= 15 is 0 Å². The summed E-state index contributed by atoms with van der Waals surface area (Å²) in [6, 6.07) is 3.30. The van der Waals surface area contributed by atoms with Crippen molar-refractivity contribution in [3.8, 4) is 0 Å². The Bertz CT molecular complexity index is 541. The monoisotopic (exact) mass is 330 g/mol. The number of rotatable bonds is 5. The highest BCUT2D eigenvalue weighted by Crippen LogP contribution is 2.23. The van der Waals surface area contributed by atoms with Crippen LogP contribution in [0, 0.1) is 0 Å². The van der Waals surface area contributed by atoms with Crippen LogP contribution in [-0.4, -0.2) is 33.2 Å². The number of hydrogen-bond donors (Lipinski definition) is 1. The molecule has 1 aromatic heterocycles. The lowest BCUT2D eigenvalue weighted by Crippen LogP contribution is -2.33. The maximum Gasteiger partial charge on any atom is 0.251 e. The minimum atomic E-state index is -0.847. The second-order valence-corrected chi connectivity index (χ2v) is 8.20. The van der Waals surface area contributed by atoms with Crippen molar-refractivity contribution in [1.82, 2.24) is 10.3 Å². The Kier molecular flexibility index (Phi) is 6.35. The van der Waals surface area contributed by atoms with Crippen LogP contribution in [0.4, 0.5) is 0 Å². The molecule has 0 aromatic carbocycles. The Labute approximate surface area is 134 Å². The van der Waals surface area contributed by atoms with Crippen molar-refractivity contribution in [2.45, 2.75) is 45.6 Å². The summed E-state index contributed by atoms with van der Waals surface area (Å²) in [5.41, 5.74) is 1.11. The van der Waals surface area contributed by atoms with E-state index in [1.807, 2.05) is 27.7 Å². The third kappa shape index (κ3) is 6.14. The molecule has 2 atom stereocenters. The molecule has 0 saturated carbocycles. The van der Waals surface area contributed by atoms with Crippen LogP contribution in [0.15, 0.2) is 12.1 Å². The van der Waals surface area contributed by atoms with Gasteiger partial charge in [-0.1, -0.05) is 32.4 Å². The highest BCUT2D eigenvalue weighted by atomic mass is 35.5. The quantitative estimate of drug-likeness (QED) is 0.844. The van der Waals surface area contributed by atoms with Gasteiger partial charge < -0.3 is 5.32 Å². The minimum absolute atomic E-state index is 0.0357. The molecule has 0 bridgehead atoms. The van der Waals surface area contributed by atoms with Crippen LogP contribution in [-0.2, 0) is 16.2 Å². The van der Waals surface area contributed by atoms with Gasteiger partial charge in [-0.3, -0.25) is 9.00 Å². The van der Waals surface area contributed by atoms with E-state index in [0.29, 0.717) is 22.9 Å². The molecule has 0 aliphatic carbocycles. The van der Waals surface area contributed by atoms with Crippen molar-refractivity contribution < 1.29 is 9.00 Å². The van der Waals surface area contributed by atoms with Crippen molar-refractivity contribution in [2.75, 3.05) is 12.0 Å². The number of aromatic nitrogens is 1. The lowest BCUT2D eigenvalue weighted by Gasteiger charge is -2.19. The van der Waals surface area contributed by atoms with Gasteiger partial charge in [-0.25, -0.2) is 4.98 Å². The van der Waals surface area contributed by atoms with Crippen molar-refractivity contribution in [3.63, 3.8) is 0 Å². The zero-order valence-corrected chi connectivity index (χ0v) is 14.8. The fourth-order valence-corrected chi connectivity index (χ4v) is 2.63. The molecular weight excluding hydrogens is 308 g/mol. The molecule has 0 fully saturated rings. The largest absolute Gasteiger partial charge is 0.350 e. The van der Waals surface area contributed by atoms with E-state index in [9.17, 15) is 9.00 Å². The molecule has 0 saturated heterocycles. The van der Waals surface area contributed by atoms with Gasteiger partial charge in [-0.05, 0) is 25.5 Å². The van der Waals surface area contributed by atoms with Gasteiger partial charge in [-0.15, -0.1) is 0 Å². The van der Waals surface area contributed by atoms with E-state index in [1.54, 1.807) is 18.4 Å². The van der Waals surface area contributed by atoms with Gasteiger partial charge in [-0.2, -0.15) is 0 Å². The maximum absolute atomic E-state index is 12.3. The van der Waals surface area contributed by atoms with Gasteiger partial charge in [0.25, 0.3) is 5.91 Å². The molecule has 1 aromatic rings. The predicted molar refractivity (Wildman–Crippen MR) is 88.4 cm³/mol. The minimum Gasteiger partial charge on any atom is -0.350 e. The smallest absolute Gasteiger partial charge is 0.251 e. The number of carbonyl (C=O) groups is 1. The maximum atomic E-state index is 12.3. The lowest BCUT2D eigenvalue weighted by atomic mass is 9.91. The number of pyridine rings is 1. The van der Waals surface area contributed by atoms with Crippen LogP contribution in [0.3, 0.4) is 0 Å². The zero-order chi connectivity index (χ0) is 16.2. The third-order valence-electron chi connectivity index (χ3n) is 3.04. The Hall–Kier alpha value is -0.940. The van der Waals surface area contributed by atoms with Gasteiger partial charge in [0.1, 0.15) is 5.15 Å². The number of nitrogens with one attached hydrogen (secondary N) is 1. The summed E-state index contributed by atoms with van der Waals surface area (Å²) in [5, 5.41) is 3.21.